The number of carbonyl (C=O) groups excluding carboxylic acids is 1. The van der Waals surface area contributed by atoms with Crippen LogP contribution in [-0.4, -0.2) is 54.0 Å². The number of aromatic nitrogens is 3. The molecule has 5 rings (SSSR count). The number of carbonyl (C=O) groups is 1. The fourth-order valence-electron chi connectivity index (χ4n) is 4.49. The van der Waals surface area contributed by atoms with Crippen LogP contribution in [0.5, 0.6) is 5.88 Å². The first-order valence-electron chi connectivity index (χ1n) is 11.8. The third-order valence-electron chi connectivity index (χ3n) is 6.53. The molecule has 38 heavy (non-hydrogen) atoms. The third kappa shape index (κ3) is 4.82. The quantitative estimate of drug-likeness (QED) is 0.401. The number of pyridine rings is 1. The van der Waals surface area contributed by atoms with Gasteiger partial charge in [0, 0.05) is 31.8 Å². The number of hydrogen-bond acceptors (Lipinski definition) is 7. The summed E-state index contributed by atoms with van der Waals surface area (Å²) in [7, 11) is -2.70. The van der Waals surface area contributed by atoms with E-state index in [0.717, 1.165) is 24.3 Å². The third-order valence-corrected chi connectivity index (χ3v) is 7.91. The molecule has 12 heteroatoms. The summed E-state index contributed by atoms with van der Waals surface area (Å²) in [6, 6.07) is 10.9. The second-order valence-electron chi connectivity index (χ2n) is 8.94. The van der Waals surface area contributed by atoms with Gasteiger partial charge >= 0.3 is 0 Å². The maximum absolute atomic E-state index is 13.4. The first kappa shape index (κ1) is 25.3. The second kappa shape index (κ2) is 9.86. The molecule has 2 aromatic carbocycles. The molecule has 1 aliphatic heterocycles. The van der Waals surface area contributed by atoms with Crippen molar-refractivity contribution in [3.8, 4) is 17.0 Å². The highest BCUT2D eigenvalue weighted by Gasteiger charge is 2.26. The molecule has 10 nitrogen and oxygen atoms in total. The van der Waals surface area contributed by atoms with Crippen LogP contribution >= 0.6 is 0 Å². The van der Waals surface area contributed by atoms with E-state index in [1.54, 1.807) is 33.7 Å². The lowest BCUT2D eigenvalue weighted by molar-refractivity contribution is -0.127. The highest BCUT2D eigenvalue weighted by molar-refractivity contribution is 7.92. The molecule has 0 saturated carbocycles. The minimum Gasteiger partial charge on any atom is -0.480 e. The Kier molecular flexibility index (Phi) is 6.57. The summed E-state index contributed by atoms with van der Waals surface area (Å²) in [4.78, 5) is 35.3. The summed E-state index contributed by atoms with van der Waals surface area (Å²) in [5, 5.41) is 0.385. The Balaban J connectivity index is 1.51. The molecule has 196 valence electrons. The van der Waals surface area contributed by atoms with Gasteiger partial charge in [-0.1, -0.05) is 6.07 Å². The number of sulfonamides is 1. The molecular formula is C26H24FN5O5S. The van der Waals surface area contributed by atoms with Crippen molar-refractivity contribution < 1.29 is 22.3 Å². The molecule has 1 aliphatic rings. The monoisotopic (exact) mass is 537 g/mol. The minimum atomic E-state index is -4.06. The van der Waals surface area contributed by atoms with Crippen LogP contribution in [0.2, 0.25) is 0 Å². The zero-order valence-electron chi connectivity index (χ0n) is 20.6. The average Bonchev–Trinajstić information content (AvgIpc) is 3.39. The predicted molar refractivity (Wildman–Crippen MR) is 139 cm³/mol. The van der Waals surface area contributed by atoms with Crippen LogP contribution < -0.4 is 15.0 Å². The molecule has 1 atom stereocenters. The van der Waals surface area contributed by atoms with Crippen molar-refractivity contribution in [2.24, 2.45) is 0 Å². The molecule has 0 spiro atoms. The number of anilines is 1. The molecule has 0 bridgehead atoms. The van der Waals surface area contributed by atoms with E-state index in [-0.39, 0.29) is 34.0 Å². The molecule has 1 N–H and O–H groups in total. The number of fused-ring (bicyclic) bond motifs is 1. The van der Waals surface area contributed by atoms with Gasteiger partial charge in [0.1, 0.15) is 11.5 Å². The summed E-state index contributed by atoms with van der Waals surface area (Å²) in [6.45, 7) is 2.54. The number of amides is 1. The summed E-state index contributed by atoms with van der Waals surface area (Å²) in [5.41, 5.74) is 1.50. The van der Waals surface area contributed by atoms with Gasteiger partial charge in [0.05, 0.1) is 35.3 Å². The number of halogens is 1. The average molecular weight is 538 g/mol. The van der Waals surface area contributed by atoms with Crippen molar-refractivity contribution in [2.45, 2.75) is 24.3 Å². The number of nitrogens with one attached hydrogen (secondary N) is 1. The maximum atomic E-state index is 13.4. The molecule has 0 unspecified atom stereocenters. The van der Waals surface area contributed by atoms with Gasteiger partial charge in [0.2, 0.25) is 11.8 Å². The van der Waals surface area contributed by atoms with Gasteiger partial charge in [-0.15, -0.1) is 0 Å². The van der Waals surface area contributed by atoms with Crippen molar-refractivity contribution in [1.82, 2.24) is 19.4 Å². The number of nitrogens with zero attached hydrogens (tertiary/aromatic N) is 4. The van der Waals surface area contributed by atoms with Crippen LogP contribution in [0.15, 0.2) is 70.7 Å². The Morgan fingerprint density at radius 2 is 1.87 bits per heavy atom. The van der Waals surface area contributed by atoms with E-state index < -0.39 is 15.8 Å². The lowest BCUT2D eigenvalue weighted by atomic mass is 10.0. The van der Waals surface area contributed by atoms with Crippen LogP contribution in [0.25, 0.3) is 22.0 Å². The molecule has 1 amide bonds. The Bertz CT molecular complexity index is 1710. The molecule has 2 aromatic heterocycles. The zero-order valence-corrected chi connectivity index (χ0v) is 21.4. The number of likely N-dealkylation sites (tertiary alicyclic amines) is 1. The number of benzene rings is 2. The van der Waals surface area contributed by atoms with Crippen LogP contribution in [0, 0.1) is 5.82 Å². The standard InChI is InChI=1S/C26H24FN5O5S/c1-16(33)31-10-9-20(14-31)32-15-29-23-8-3-17(11-22(23)26(32)34)18-12-24(25(37-2)28-13-18)30-38(35,36)21-6-4-19(27)5-7-21/h3-8,11-13,15,20,30H,9-10,14H2,1-2H3/t20-/m0/s1. The molecule has 1 saturated heterocycles. The predicted octanol–water partition coefficient (Wildman–Crippen LogP) is 3.20. The van der Waals surface area contributed by atoms with E-state index in [2.05, 4.69) is 14.7 Å². The Labute approximate surface area is 217 Å². The molecule has 0 radical (unpaired) electrons. The van der Waals surface area contributed by atoms with Gasteiger partial charge < -0.3 is 9.64 Å². The Hall–Kier alpha value is -4.32. The fourth-order valence-corrected chi connectivity index (χ4v) is 5.54. The van der Waals surface area contributed by atoms with Gasteiger partial charge in [-0.2, -0.15) is 0 Å². The van der Waals surface area contributed by atoms with E-state index >= 15 is 0 Å². The van der Waals surface area contributed by atoms with Gasteiger partial charge in [0.15, 0.2) is 0 Å². The number of hydrogen-bond donors (Lipinski definition) is 1. The van der Waals surface area contributed by atoms with E-state index in [9.17, 15) is 22.4 Å². The van der Waals surface area contributed by atoms with Gasteiger partial charge in [-0.3, -0.25) is 18.9 Å². The van der Waals surface area contributed by atoms with E-state index in [1.165, 1.54) is 26.6 Å². The number of methoxy groups -OCH3 is 1. The van der Waals surface area contributed by atoms with Crippen molar-refractivity contribution in [1.29, 1.82) is 0 Å². The maximum Gasteiger partial charge on any atom is 0.262 e. The van der Waals surface area contributed by atoms with Crippen LogP contribution in [0.1, 0.15) is 19.4 Å². The van der Waals surface area contributed by atoms with Gasteiger partial charge in [-0.25, -0.2) is 22.8 Å². The zero-order chi connectivity index (χ0) is 27.0. The smallest absolute Gasteiger partial charge is 0.262 e. The Morgan fingerprint density at radius 1 is 1.11 bits per heavy atom. The lowest BCUT2D eigenvalue weighted by Crippen LogP contribution is -2.30. The molecule has 0 aliphatic carbocycles. The number of rotatable bonds is 6. The molecular weight excluding hydrogens is 513 g/mol. The van der Waals surface area contributed by atoms with Gasteiger partial charge in [0.25, 0.3) is 15.6 Å². The lowest BCUT2D eigenvalue weighted by Gasteiger charge is -2.16. The van der Waals surface area contributed by atoms with Crippen LogP contribution in [0.4, 0.5) is 10.1 Å². The summed E-state index contributed by atoms with van der Waals surface area (Å²) >= 11 is 0. The highest BCUT2D eigenvalue weighted by Crippen LogP contribution is 2.31. The Morgan fingerprint density at radius 3 is 2.55 bits per heavy atom. The van der Waals surface area contributed by atoms with E-state index in [0.29, 0.717) is 41.5 Å². The molecule has 1 fully saturated rings. The normalized spacial score (nSPS) is 15.6. The summed E-state index contributed by atoms with van der Waals surface area (Å²) in [6.07, 6.45) is 3.68. The first-order chi connectivity index (χ1) is 18.2. The van der Waals surface area contributed by atoms with Crippen molar-refractivity contribution in [2.75, 3.05) is 24.9 Å². The van der Waals surface area contributed by atoms with Crippen LogP contribution in [0.3, 0.4) is 0 Å². The van der Waals surface area contributed by atoms with E-state index in [1.807, 2.05) is 0 Å². The second-order valence-corrected chi connectivity index (χ2v) is 10.6. The fraction of sp³-hybridized carbons (Fsp3) is 0.231. The summed E-state index contributed by atoms with van der Waals surface area (Å²) < 4.78 is 48.3. The topological polar surface area (TPSA) is 123 Å². The first-order valence-corrected chi connectivity index (χ1v) is 13.2. The van der Waals surface area contributed by atoms with E-state index in [4.69, 9.17) is 4.74 Å². The van der Waals surface area contributed by atoms with Crippen molar-refractivity contribution >= 4 is 32.5 Å². The highest BCUT2D eigenvalue weighted by atomic mass is 32.2. The van der Waals surface area contributed by atoms with Crippen LogP contribution in [-0.2, 0) is 14.8 Å². The van der Waals surface area contributed by atoms with Crippen molar-refractivity contribution in [3.63, 3.8) is 0 Å². The summed E-state index contributed by atoms with van der Waals surface area (Å²) in [5.74, 6) is -0.547. The van der Waals surface area contributed by atoms with Crippen molar-refractivity contribution in [3.05, 3.63) is 77.2 Å². The number of ether oxygens (including phenoxy) is 1. The largest absolute Gasteiger partial charge is 0.480 e. The van der Waals surface area contributed by atoms with Gasteiger partial charge in [-0.05, 0) is 54.4 Å². The molecule has 4 aromatic rings. The minimum absolute atomic E-state index is 0.0329. The SMILES string of the molecule is COc1ncc(-c2ccc3ncn([C@H]4CCN(C(C)=O)C4)c(=O)c3c2)cc1NS(=O)(=O)c1ccc(F)cc1. The molecule has 3 heterocycles.